The van der Waals surface area contributed by atoms with Crippen LogP contribution in [0.3, 0.4) is 0 Å². The minimum atomic E-state index is -5.04. The third-order valence-corrected chi connectivity index (χ3v) is 2.51. The summed E-state index contributed by atoms with van der Waals surface area (Å²) in [5.74, 6) is -1.87. The van der Waals surface area contributed by atoms with Crippen LogP contribution in [0.5, 0.6) is 0 Å². The highest BCUT2D eigenvalue weighted by atomic mass is 79.9. The molecule has 0 aliphatic heterocycles. The van der Waals surface area contributed by atoms with Crippen LogP contribution < -0.4 is 0 Å². The Labute approximate surface area is 106 Å². The molecule has 1 heterocycles. The van der Waals surface area contributed by atoms with E-state index in [1.165, 1.54) is 0 Å². The molecule has 0 aromatic carbocycles. The molecule has 0 aliphatic rings. The molecule has 0 aliphatic carbocycles. The number of carbonyl (C=O) groups is 1. The second kappa shape index (κ2) is 5.17. The predicted octanol–water partition coefficient (Wildman–Crippen LogP) is 3.63. The maximum Gasteiger partial charge on any atom is 0.417 e. The Morgan fingerprint density at radius 1 is 1.44 bits per heavy atom. The average molecular weight is 334 g/mol. The highest BCUT2D eigenvalue weighted by Gasteiger charge is 2.38. The van der Waals surface area contributed by atoms with E-state index in [1.54, 1.807) is 0 Å². The molecule has 0 radical (unpaired) electrons. The maximum atomic E-state index is 12.6. The molecule has 100 valence electrons. The van der Waals surface area contributed by atoms with Crippen LogP contribution in [-0.4, -0.2) is 16.1 Å². The Kier molecular flexibility index (Phi) is 4.25. The fourth-order valence-corrected chi connectivity index (χ4v) is 1.70. The van der Waals surface area contributed by atoms with Gasteiger partial charge in [-0.1, -0.05) is 15.9 Å². The summed E-state index contributed by atoms with van der Waals surface area (Å²) >= 11 is 2.72. The van der Waals surface area contributed by atoms with E-state index < -0.39 is 41.1 Å². The lowest BCUT2D eigenvalue weighted by Crippen LogP contribution is -2.17. The van der Waals surface area contributed by atoms with E-state index in [9.17, 15) is 26.7 Å². The van der Waals surface area contributed by atoms with Gasteiger partial charge in [0.15, 0.2) is 0 Å². The zero-order valence-electron chi connectivity index (χ0n) is 8.43. The second-order valence-corrected chi connectivity index (χ2v) is 3.71. The molecule has 1 aromatic rings. The van der Waals surface area contributed by atoms with Crippen LogP contribution in [0.2, 0.25) is 0 Å². The molecule has 0 saturated heterocycles. The molecule has 0 atom stereocenters. The van der Waals surface area contributed by atoms with Crippen molar-refractivity contribution in [2.75, 3.05) is 0 Å². The van der Waals surface area contributed by atoms with Crippen LogP contribution >= 0.6 is 15.9 Å². The van der Waals surface area contributed by atoms with Gasteiger partial charge in [-0.3, -0.25) is 4.98 Å². The van der Waals surface area contributed by atoms with Gasteiger partial charge in [-0.05, 0) is 6.07 Å². The summed E-state index contributed by atoms with van der Waals surface area (Å²) in [6, 6.07) is 0.0558. The molecule has 1 N–H and O–H groups in total. The molecule has 1 aromatic heterocycles. The van der Waals surface area contributed by atoms with Crippen LogP contribution in [0.1, 0.15) is 33.7 Å². The average Bonchev–Trinajstić information content (AvgIpc) is 2.25. The van der Waals surface area contributed by atoms with E-state index in [1.807, 2.05) is 0 Å². The van der Waals surface area contributed by atoms with Gasteiger partial charge in [0.25, 0.3) is 6.43 Å². The Balaban J connectivity index is 3.63. The highest BCUT2D eigenvalue weighted by Crippen LogP contribution is 2.35. The van der Waals surface area contributed by atoms with Crippen molar-refractivity contribution >= 4 is 21.9 Å². The number of hydrogen-bond donors (Lipinski definition) is 1. The van der Waals surface area contributed by atoms with E-state index in [4.69, 9.17) is 5.11 Å². The van der Waals surface area contributed by atoms with Crippen molar-refractivity contribution in [3.05, 3.63) is 28.6 Å². The first-order valence-electron chi connectivity index (χ1n) is 4.37. The smallest absolute Gasteiger partial charge is 0.417 e. The first-order valence-corrected chi connectivity index (χ1v) is 5.49. The number of carboxylic acids is 1. The van der Waals surface area contributed by atoms with Crippen LogP contribution in [-0.2, 0) is 11.5 Å². The minimum Gasteiger partial charge on any atom is -0.478 e. The number of pyridine rings is 1. The number of aromatic nitrogens is 1. The summed E-state index contributed by atoms with van der Waals surface area (Å²) in [6.45, 7) is 0. The van der Waals surface area contributed by atoms with Gasteiger partial charge < -0.3 is 5.11 Å². The van der Waals surface area contributed by atoms with Crippen molar-refractivity contribution in [3.63, 3.8) is 0 Å². The third-order valence-electron chi connectivity index (χ3n) is 1.98. The lowest BCUT2D eigenvalue weighted by molar-refractivity contribution is -0.138. The lowest BCUT2D eigenvalue weighted by Gasteiger charge is -2.14. The third kappa shape index (κ3) is 2.95. The van der Waals surface area contributed by atoms with Gasteiger partial charge >= 0.3 is 12.1 Å². The number of aromatic carboxylic acids is 1. The van der Waals surface area contributed by atoms with Crippen LogP contribution in [0.25, 0.3) is 0 Å². The van der Waals surface area contributed by atoms with Crippen molar-refractivity contribution < 1.29 is 31.9 Å². The fraction of sp³-hybridized carbons (Fsp3) is 0.333. The molecule has 0 bridgehead atoms. The number of carboxylic acid groups (broad SMARTS) is 1. The normalized spacial score (nSPS) is 11.9. The van der Waals surface area contributed by atoms with Gasteiger partial charge in [-0.15, -0.1) is 0 Å². The molecule has 0 unspecified atom stereocenters. The van der Waals surface area contributed by atoms with E-state index in [2.05, 4.69) is 20.9 Å². The summed E-state index contributed by atoms with van der Waals surface area (Å²) in [6.07, 6.45) is -8.26. The highest BCUT2D eigenvalue weighted by molar-refractivity contribution is 9.08. The Morgan fingerprint density at radius 2 is 2.00 bits per heavy atom. The Hall–Kier alpha value is -1.25. The molecule has 18 heavy (non-hydrogen) atoms. The van der Waals surface area contributed by atoms with Gasteiger partial charge in [0.1, 0.15) is 5.69 Å². The number of halogens is 6. The van der Waals surface area contributed by atoms with Crippen molar-refractivity contribution in [1.29, 1.82) is 0 Å². The molecule has 0 amide bonds. The van der Waals surface area contributed by atoms with E-state index in [-0.39, 0.29) is 11.4 Å². The molecule has 0 spiro atoms. The zero-order chi connectivity index (χ0) is 14.1. The molecule has 0 saturated carbocycles. The molecule has 0 fully saturated rings. The number of alkyl halides is 6. The number of rotatable bonds is 3. The summed E-state index contributed by atoms with van der Waals surface area (Å²) in [5.41, 5.74) is -4.45. The van der Waals surface area contributed by atoms with E-state index in [0.717, 1.165) is 0 Å². The maximum absolute atomic E-state index is 12.6. The first-order chi connectivity index (χ1) is 8.18. The summed E-state index contributed by atoms with van der Waals surface area (Å²) in [5, 5.41) is 8.35. The first kappa shape index (κ1) is 14.8. The van der Waals surface area contributed by atoms with Crippen LogP contribution in [0.15, 0.2) is 6.07 Å². The Bertz CT molecular complexity index is 475. The zero-order valence-corrected chi connectivity index (χ0v) is 10.0. The number of hydrogen-bond acceptors (Lipinski definition) is 2. The quantitative estimate of drug-likeness (QED) is 0.678. The van der Waals surface area contributed by atoms with Crippen LogP contribution in [0.4, 0.5) is 22.0 Å². The van der Waals surface area contributed by atoms with Gasteiger partial charge in [-0.25, -0.2) is 13.6 Å². The van der Waals surface area contributed by atoms with Gasteiger partial charge in [0, 0.05) is 5.33 Å². The molecule has 3 nitrogen and oxygen atoms in total. The van der Waals surface area contributed by atoms with Crippen molar-refractivity contribution in [1.82, 2.24) is 4.98 Å². The SMILES string of the molecule is O=C(O)c1c(C(F)(F)F)cc(C(F)F)nc1CBr. The van der Waals surface area contributed by atoms with Crippen molar-refractivity contribution in [3.8, 4) is 0 Å². The largest absolute Gasteiger partial charge is 0.478 e. The van der Waals surface area contributed by atoms with Gasteiger partial charge in [0.2, 0.25) is 0 Å². The van der Waals surface area contributed by atoms with E-state index in [0.29, 0.717) is 0 Å². The standard InChI is InChI=1S/C9H5BrF5NO2/c10-2-5-6(8(17)18)3(9(13,14)15)1-4(16-5)7(11)12/h1,7H,2H2,(H,17,18). The van der Waals surface area contributed by atoms with Crippen LogP contribution in [0, 0.1) is 0 Å². The topological polar surface area (TPSA) is 50.2 Å². The fourth-order valence-electron chi connectivity index (χ4n) is 1.29. The van der Waals surface area contributed by atoms with E-state index >= 15 is 0 Å². The predicted molar refractivity (Wildman–Crippen MR) is 53.8 cm³/mol. The molecular weight excluding hydrogens is 329 g/mol. The minimum absolute atomic E-state index is 0.0558. The summed E-state index contributed by atoms with van der Waals surface area (Å²) in [4.78, 5) is 14.0. The second-order valence-electron chi connectivity index (χ2n) is 3.15. The Morgan fingerprint density at radius 3 is 2.33 bits per heavy atom. The molecular formula is C9H5BrF5NO2. The van der Waals surface area contributed by atoms with Gasteiger partial charge in [0.05, 0.1) is 16.8 Å². The van der Waals surface area contributed by atoms with Crippen molar-refractivity contribution in [2.24, 2.45) is 0 Å². The summed E-state index contributed by atoms with van der Waals surface area (Å²) in [7, 11) is 0. The summed E-state index contributed by atoms with van der Waals surface area (Å²) < 4.78 is 62.6. The van der Waals surface area contributed by atoms with Gasteiger partial charge in [-0.2, -0.15) is 13.2 Å². The lowest BCUT2D eigenvalue weighted by atomic mass is 10.0. The number of nitrogens with zero attached hydrogens (tertiary/aromatic N) is 1. The van der Waals surface area contributed by atoms with Crippen molar-refractivity contribution in [2.45, 2.75) is 17.9 Å². The molecule has 1 rings (SSSR count). The monoisotopic (exact) mass is 333 g/mol. The molecule has 9 heteroatoms.